The Labute approximate surface area is 115 Å². The molecule has 0 aromatic carbocycles. The van der Waals surface area contributed by atoms with E-state index < -0.39 is 0 Å². The van der Waals surface area contributed by atoms with Crippen molar-refractivity contribution in [2.24, 2.45) is 5.41 Å². The van der Waals surface area contributed by atoms with Crippen LogP contribution in [0.1, 0.15) is 65.7 Å². The highest BCUT2D eigenvalue weighted by molar-refractivity contribution is 4.72. The molecular formula is C16H34N2. The van der Waals surface area contributed by atoms with Crippen molar-refractivity contribution in [2.75, 3.05) is 32.7 Å². The monoisotopic (exact) mass is 254 g/mol. The molecule has 0 aromatic heterocycles. The Bertz CT molecular complexity index is 195. The van der Waals surface area contributed by atoms with Crippen LogP contribution < -0.4 is 5.32 Å². The summed E-state index contributed by atoms with van der Waals surface area (Å²) in [5.41, 5.74) is 0.475. The van der Waals surface area contributed by atoms with E-state index in [-0.39, 0.29) is 0 Å². The minimum Gasteiger partial charge on any atom is -0.316 e. The van der Waals surface area contributed by atoms with Crippen LogP contribution >= 0.6 is 0 Å². The third-order valence-corrected chi connectivity index (χ3v) is 4.09. The molecule has 0 radical (unpaired) electrons. The van der Waals surface area contributed by atoms with Crippen molar-refractivity contribution >= 4 is 0 Å². The van der Waals surface area contributed by atoms with Crippen molar-refractivity contribution in [3.8, 4) is 0 Å². The molecule has 2 nitrogen and oxygen atoms in total. The summed E-state index contributed by atoms with van der Waals surface area (Å²) >= 11 is 0. The molecule has 0 aromatic rings. The van der Waals surface area contributed by atoms with E-state index >= 15 is 0 Å². The quantitative estimate of drug-likeness (QED) is 0.598. The lowest BCUT2D eigenvalue weighted by Crippen LogP contribution is -2.32. The minimum atomic E-state index is 0.475. The van der Waals surface area contributed by atoms with E-state index in [2.05, 4.69) is 31.0 Å². The van der Waals surface area contributed by atoms with E-state index in [0.717, 1.165) is 0 Å². The fraction of sp³-hybridized carbons (Fsp3) is 1.00. The van der Waals surface area contributed by atoms with Gasteiger partial charge >= 0.3 is 0 Å². The SMILES string of the molecule is CCCCCC(C)(C)CNCCCN1CCCC1. The van der Waals surface area contributed by atoms with Gasteiger partial charge in [0.15, 0.2) is 0 Å². The maximum atomic E-state index is 3.65. The molecule has 0 aliphatic carbocycles. The largest absolute Gasteiger partial charge is 0.316 e. The number of rotatable bonds is 10. The normalized spacial score (nSPS) is 17.5. The first-order chi connectivity index (χ1) is 8.64. The predicted molar refractivity (Wildman–Crippen MR) is 81.1 cm³/mol. The molecule has 2 heteroatoms. The molecule has 0 spiro atoms. The molecule has 1 N–H and O–H groups in total. The number of unbranched alkanes of at least 4 members (excludes halogenated alkanes) is 2. The number of hydrogen-bond acceptors (Lipinski definition) is 2. The zero-order valence-corrected chi connectivity index (χ0v) is 12.9. The Hall–Kier alpha value is -0.0800. The maximum absolute atomic E-state index is 3.65. The van der Waals surface area contributed by atoms with E-state index in [9.17, 15) is 0 Å². The predicted octanol–water partition coefficient (Wildman–Crippen LogP) is 3.67. The fourth-order valence-electron chi connectivity index (χ4n) is 2.80. The molecule has 1 fully saturated rings. The van der Waals surface area contributed by atoms with Gasteiger partial charge in [-0.15, -0.1) is 0 Å². The van der Waals surface area contributed by atoms with Gasteiger partial charge < -0.3 is 10.2 Å². The summed E-state index contributed by atoms with van der Waals surface area (Å²) in [7, 11) is 0. The molecule has 0 unspecified atom stereocenters. The topological polar surface area (TPSA) is 15.3 Å². The number of hydrogen-bond donors (Lipinski definition) is 1. The van der Waals surface area contributed by atoms with Crippen LogP contribution in [0.5, 0.6) is 0 Å². The average molecular weight is 254 g/mol. The second-order valence-electron chi connectivity index (χ2n) is 6.70. The summed E-state index contributed by atoms with van der Waals surface area (Å²) in [6, 6.07) is 0. The molecule has 0 bridgehead atoms. The van der Waals surface area contributed by atoms with E-state index in [4.69, 9.17) is 0 Å². The molecule has 1 aliphatic rings. The van der Waals surface area contributed by atoms with Crippen molar-refractivity contribution < 1.29 is 0 Å². The summed E-state index contributed by atoms with van der Waals surface area (Å²) in [6.07, 6.45) is 9.61. The summed E-state index contributed by atoms with van der Waals surface area (Å²) in [6.45, 7) is 13.4. The molecule has 1 saturated heterocycles. The number of likely N-dealkylation sites (tertiary alicyclic amines) is 1. The summed E-state index contributed by atoms with van der Waals surface area (Å²) in [5.74, 6) is 0. The van der Waals surface area contributed by atoms with Gasteiger partial charge in [-0.2, -0.15) is 0 Å². The Morgan fingerprint density at radius 3 is 2.44 bits per heavy atom. The van der Waals surface area contributed by atoms with Crippen LogP contribution in [0.3, 0.4) is 0 Å². The van der Waals surface area contributed by atoms with Gasteiger partial charge in [0, 0.05) is 6.54 Å². The lowest BCUT2D eigenvalue weighted by molar-refractivity contribution is 0.291. The Morgan fingerprint density at radius 1 is 1.06 bits per heavy atom. The lowest BCUT2D eigenvalue weighted by atomic mass is 9.87. The zero-order valence-electron chi connectivity index (χ0n) is 12.9. The van der Waals surface area contributed by atoms with Gasteiger partial charge in [0.05, 0.1) is 0 Å². The molecule has 0 saturated carbocycles. The zero-order chi connectivity index (χ0) is 13.3. The van der Waals surface area contributed by atoms with Crippen LogP contribution in [0.15, 0.2) is 0 Å². The van der Waals surface area contributed by atoms with Crippen LogP contribution in [0.25, 0.3) is 0 Å². The average Bonchev–Trinajstić information content (AvgIpc) is 2.81. The third-order valence-electron chi connectivity index (χ3n) is 4.09. The number of nitrogens with zero attached hydrogens (tertiary/aromatic N) is 1. The van der Waals surface area contributed by atoms with Crippen molar-refractivity contribution in [3.63, 3.8) is 0 Å². The highest BCUT2D eigenvalue weighted by atomic mass is 15.1. The fourth-order valence-corrected chi connectivity index (χ4v) is 2.80. The Balaban J connectivity index is 1.94. The van der Waals surface area contributed by atoms with Crippen LogP contribution in [-0.2, 0) is 0 Å². The second-order valence-corrected chi connectivity index (χ2v) is 6.70. The first kappa shape index (κ1) is 16.0. The molecular weight excluding hydrogens is 220 g/mol. The van der Waals surface area contributed by atoms with Gasteiger partial charge in [-0.25, -0.2) is 0 Å². The standard InChI is InChI=1S/C16H34N2/c1-4-5-6-10-16(2,3)15-17-11-9-14-18-12-7-8-13-18/h17H,4-15H2,1-3H3. The summed E-state index contributed by atoms with van der Waals surface area (Å²) < 4.78 is 0. The smallest absolute Gasteiger partial charge is 0.000252 e. The van der Waals surface area contributed by atoms with Crippen molar-refractivity contribution in [1.82, 2.24) is 10.2 Å². The molecule has 1 rings (SSSR count). The van der Waals surface area contributed by atoms with Gasteiger partial charge in [-0.3, -0.25) is 0 Å². The molecule has 1 heterocycles. The maximum Gasteiger partial charge on any atom is 0.000252 e. The van der Waals surface area contributed by atoms with Crippen molar-refractivity contribution in [2.45, 2.75) is 65.7 Å². The van der Waals surface area contributed by atoms with Crippen LogP contribution in [0.4, 0.5) is 0 Å². The van der Waals surface area contributed by atoms with Gasteiger partial charge in [0.25, 0.3) is 0 Å². The molecule has 1 aliphatic heterocycles. The Morgan fingerprint density at radius 2 is 1.78 bits per heavy atom. The van der Waals surface area contributed by atoms with E-state index in [1.807, 2.05) is 0 Å². The number of nitrogens with one attached hydrogen (secondary N) is 1. The summed E-state index contributed by atoms with van der Waals surface area (Å²) in [5, 5.41) is 3.65. The van der Waals surface area contributed by atoms with E-state index in [1.165, 1.54) is 77.7 Å². The van der Waals surface area contributed by atoms with Gasteiger partial charge in [0.1, 0.15) is 0 Å². The van der Waals surface area contributed by atoms with Crippen molar-refractivity contribution in [3.05, 3.63) is 0 Å². The van der Waals surface area contributed by atoms with Gasteiger partial charge in [-0.05, 0) is 57.3 Å². The van der Waals surface area contributed by atoms with Crippen LogP contribution in [0, 0.1) is 5.41 Å². The molecule has 0 atom stereocenters. The van der Waals surface area contributed by atoms with E-state index in [0.29, 0.717) is 5.41 Å². The van der Waals surface area contributed by atoms with Gasteiger partial charge in [0.2, 0.25) is 0 Å². The third kappa shape index (κ3) is 7.38. The highest BCUT2D eigenvalue weighted by Crippen LogP contribution is 2.22. The summed E-state index contributed by atoms with van der Waals surface area (Å²) in [4.78, 5) is 2.61. The van der Waals surface area contributed by atoms with Crippen LogP contribution in [-0.4, -0.2) is 37.6 Å². The van der Waals surface area contributed by atoms with Gasteiger partial charge in [-0.1, -0.05) is 40.0 Å². The lowest BCUT2D eigenvalue weighted by Gasteiger charge is -2.25. The van der Waals surface area contributed by atoms with Crippen molar-refractivity contribution in [1.29, 1.82) is 0 Å². The molecule has 108 valence electrons. The first-order valence-electron chi connectivity index (χ1n) is 8.07. The minimum absolute atomic E-state index is 0.475. The molecule has 18 heavy (non-hydrogen) atoms. The van der Waals surface area contributed by atoms with Crippen LogP contribution in [0.2, 0.25) is 0 Å². The Kier molecular flexibility index (Phi) is 7.92. The highest BCUT2D eigenvalue weighted by Gasteiger charge is 2.16. The second kappa shape index (κ2) is 8.92. The first-order valence-corrected chi connectivity index (χ1v) is 8.07. The van der Waals surface area contributed by atoms with E-state index in [1.54, 1.807) is 0 Å². The molecule has 0 amide bonds.